The molecule has 1 aromatic heterocycles. The van der Waals surface area contributed by atoms with Crippen LogP contribution in [0.5, 0.6) is 0 Å². The van der Waals surface area contributed by atoms with Gasteiger partial charge >= 0.3 is 0 Å². The lowest BCUT2D eigenvalue weighted by Crippen LogP contribution is -2.62. The van der Waals surface area contributed by atoms with E-state index in [9.17, 15) is 9.90 Å². The molecule has 128 valence electrons. The molecule has 1 amide bonds. The highest BCUT2D eigenvalue weighted by atomic mass is 16.5. The average molecular weight is 329 g/mol. The summed E-state index contributed by atoms with van der Waals surface area (Å²) in [7, 11) is 0. The quantitative estimate of drug-likeness (QED) is 0.902. The Labute approximate surface area is 140 Å². The number of aliphatic hydroxyl groups is 1. The molecule has 2 aliphatic rings. The van der Waals surface area contributed by atoms with E-state index >= 15 is 0 Å². The van der Waals surface area contributed by atoms with Gasteiger partial charge in [0.05, 0.1) is 17.7 Å². The number of hydrogen-bond donors (Lipinski definition) is 2. The molecule has 2 fully saturated rings. The van der Waals surface area contributed by atoms with Gasteiger partial charge in [-0.3, -0.25) is 9.89 Å². The molecule has 6 nitrogen and oxygen atoms in total. The number of aliphatic hydroxyl groups excluding tert-OH is 1. The van der Waals surface area contributed by atoms with Crippen LogP contribution in [-0.2, 0) is 4.74 Å². The zero-order valence-electron chi connectivity index (χ0n) is 13.9. The van der Waals surface area contributed by atoms with Crippen LogP contribution in [-0.4, -0.2) is 58.0 Å². The number of benzene rings is 1. The number of piperidine rings is 1. The molecule has 6 heteroatoms. The van der Waals surface area contributed by atoms with Crippen LogP contribution in [0.2, 0.25) is 0 Å². The van der Waals surface area contributed by atoms with Gasteiger partial charge in [0.1, 0.15) is 0 Å². The number of nitrogens with zero attached hydrogens (tertiary/aromatic N) is 2. The maximum Gasteiger partial charge on any atom is 0.274 e. The molecule has 1 saturated heterocycles. The van der Waals surface area contributed by atoms with Gasteiger partial charge in [0.2, 0.25) is 0 Å². The molecule has 24 heavy (non-hydrogen) atoms. The van der Waals surface area contributed by atoms with E-state index in [1.54, 1.807) is 0 Å². The Morgan fingerprint density at radius 1 is 1.42 bits per heavy atom. The Hall–Kier alpha value is -1.92. The summed E-state index contributed by atoms with van der Waals surface area (Å²) in [5.41, 5.74) is 1.19. The Bertz CT molecular complexity index is 747. The standard InChI is InChI=1S/C18H23N3O3/c1-2-24-15-11-14(22)18(15)7-9-21(10-8-18)17(23)16-12-5-3-4-6-13(12)19-20-16/h3-6,14-15,22H,2,7-11H2,1H3,(H,19,20)/t14-,15-/m1/s1. The van der Waals surface area contributed by atoms with E-state index in [-0.39, 0.29) is 23.5 Å². The van der Waals surface area contributed by atoms with E-state index in [4.69, 9.17) is 4.74 Å². The normalized spacial score (nSPS) is 25.8. The molecule has 1 aliphatic carbocycles. The van der Waals surface area contributed by atoms with Crippen LogP contribution in [0.25, 0.3) is 10.9 Å². The van der Waals surface area contributed by atoms with Crippen molar-refractivity contribution in [3.05, 3.63) is 30.0 Å². The smallest absolute Gasteiger partial charge is 0.274 e. The van der Waals surface area contributed by atoms with Gasteiger partial charge in [-0.15, -0.1) is 0 Å². The Morgan fingerprint density at radius 2 is 2.17 bits per heavy atom. The van der Waals surface area contributed by atoms with Crippen LogP contribution >= 0.6 is 0 Å². The van der Waals surface area contributed by atoms with Gasteiger partial charge in [-0.05, 0) is 25.8 Å². The van der Waals surface area contributed by atoms with Crippen LogP contribution in [0, 0.1) is 5.41 Å². The van der Waals surface area contributed by atoms with Crippen LogP contribution in [0.15, 0.2) is 24.3 Å². The molecule has 0 bridgehead atoms. The molecule has 4 rings (SSSR count). The number of amides is 1. The summed E-state index contributed by atoms with van der Waals surface area (Å²) in [6.07, 6.45) is 2.10. The summed E-state index contributed by atoms with van der Waals surface area (Å²) < 4.78 is 5.79. The first-order valence-electron chi connectivity index (χ1n) is 8.68. The number of likely N-dealkylation sites (tertiary alicyclic amines) is 1. The Morgan fingerprint density at radius 3 is 2.88 bits per heavy atom. The molecule has 1 spiro atoms. The number of aromatic amines is 1. The molecule has 1 saturated carbocycles. The lowest BCUT2D eigenvalue weighted by atomic mass is 9.58. The number of fused-ring (bicyclic) bond motifs is 1. The van der Waals surface area contributed by atoms with Gasteiger partial charge < -0.3 is 14.7 Å². The zero-order chi connectivity index (χ0) is 16.7. The fourth-order valence-electron chi connectivity index (χ4n) is 4.22. The van der Waals surface area contributed by atoms with Crippen molar-refractivity contribution in [2.75, 3.05) is 19.7 Å². The molecular weight excluding hydrogens is 306 g/mol. The highest BCUT2D eigenvalue weighted by molar-refractivity contribution is 6.04. The van der Waals surface area contributed by atoms with Crippen molar-refractivity contribution in [2.24, 2.45) is 5.41 Å². The number of hydrogen-bond acceptors (Lipinski definition) is 4. The van der Waals surface area contributed by atoms with Crippen LogP contribution in [0.3, 0.4) is 0 Å². The molecule has 2 N–H and O–H groups in total. The third kappa shape index (κ3) is 2.24. The third-order valence-corrected chi connectivity index (χ3v) is 5.76. The summed E-state index contributed by atoms with van der Waals surface area (Å²) in [5, 5.41) is 18.3. The second-order valence-electron chi connectivity index (χ2n) is 6.84. The lowest BCUT2D eigenvalue weighted by molar-refractivity contribution is -0.207. The summed E-state index contributed by atoms with van der Waals surface area (Å²) in [6.45, 7) is 3.93. The maximum atomic E-state index is 12.8. The van der Waals surface area contributed by atoms with E-state index in [1.807, 2.05) is 36.1 Å². The first-order chi connectivity index (χ1) is 11.7. The number of rotatable bonds is 3. The van der Waals surface area contributed by atoms with Gasteiger partial charge in [-0.25, -0.2) is 0 Å². The zero-order valence-corrected chi connectivity index (χ0v) is 13.9. The highest BCUT2D eigenvalue weighted by Crippen LogP contribution is 2.51. The maximum absolute atomic E-state index is 12.8. The van der Waals surface area contributed by atoms with Crippen LogP contribution in [0.4, 0.5) is 0 Å². The topological polar surface area (TPSA) is 78.5 Å². The molecule has 0 radical (unpaired) electrons. The Balaban J connectivity index is 1.49. The lowest BCUT2D eigenvalue weighted by Gasteiger charge is -2.56. The molecule has 2 heterocycles. The molecule has 1 aliphatic heterocycles. The number of carbonyl (C=O) groups is 1. The van der Waals surface area contributed by atoms with Crippen molar-refractivity contribution in [2.45, 2.75) is 38.4 Å². The first kappa shape index (κ1) is 15.6. The van der Waals surface area contributed by atoms with Crippen molar-refractivity contribution < 1.29 is 14.6 Å². The van der Waals surface area contributed by atoms with E-state index in [1.165, 1.54) is 0 Å². The van der Waals surface area contributed by atoms with Gasteiger partial charge in [0.25, 0.3) is 5.91 Å². The number of ether oxygens (including phenoxy) is 1. The van der Waals surface area contributed by atoms with Crippen LogP contribution < -0.4 is 0 Å². The Kier molecular flexibility index (Phi) is 3.81. The molecule has 0 unspecified atom stereocenters. The summed E-state index contributed by atoms with van der Waals surface area (Å²) in [5.74, 6) is -0.0379. The van der Waals surface area contributed by atoms with Gasteiger partial charge in [0, 0.05) is 36.9 Å². The largest absolute Gasteiger partial charge is 0.392 e. The minimum Gasteiger partial charge on any atom is -0.392 e. The fraction of sp³-hybridized carbons (Fsp3) is 0.556. The summed E-state index contributed by atoms with van der Waals surface area (Å²) >= 11 is 0. The van der Waals surface area contributed by atoms with Crippen molar-refractivity contribution in [1.82, 2.24) is 15.1 Å². The fourth-order valence-corrected chi connectivity index (χ4v) is 4.22. The SMILES string of the molecule is CCO[C@@H]1C[C@@H](O)C12CCN(C(=O)c1n[nH]c3ccccc13)CC2. The predicted molar refractivity (Wildman–Crippen MR) is 89.7 cm³/mol. The van der Waals surface area contributed by atoms with Crippen LogP contribution in [0.1, 0.15) is 36.7 Å². The monoisotopic (exact) mass is 329 g/mol. The van der Waals surface area contributed by atoms with Crippen molar-refractivity contribution in [3.8, 4) is 0 Å². The number of aromatic nitrogens is 2. The molecule has 2 aromatic rings. The third-order valence-electron chi connectivity index (χ3n) is 5.76. The van der Waals surface area contributed by atoms with Gasteiger partial charge in [0.15, 0.2) is 5.69 Å². The van der Waals surface area contributed by atoms with Gasteiger partial charge in [-0.2, -0.15) is 5.10 Å². The molecule has 1 aromatic carbocycles. The predicted octanol–water partition coefficient (Wildman–Crippen LogP) is 1.95. The summed E-state index contributed by atoms with van der Waals surface area (Å²) in [6, 6.07) is 7.67. The summed E-state index contributed by atoms with van der Waals surface area (Å²) in [4.78, 5) is 14.7. The van der Waals surface area contributed by atoms with E-state index in [0.29, 0.717) is 31.8 Å². The average Bonchev–Trinajstić information content (AvgIpc) is 3.05. The number of para-hydroxylation sites is 1. The van der Waals surface area contributed by atoms with Gasteiger partial charge in [-0.1, -0.05) is 18.2 Å². The van der Waals surface area contributed by atoms with Crippen molar-refractivity contribution >= 4 is 16.8 Å². The van der Waals surface area contributed by atoms with E-state index in [2.05, 4.69) is 10.2 Å². The van der Waals surface area contributed by atoms with Crippen molar-refractivity contribution in [1.29, 1.82) is 0 Å². The molecule has 2 atom stereocenters. The second-order valence-corrected chi connectivity index (χ2v) is 6.84. The number of nitrogens with one attached hydrogen (secondary N) is 1. The second kappa shape index (κ2) is 5.86. The minimum atomic E-state index is -0.308. The highest BCUT2D eigenvalue weighted by Gasteiger charge is 2.56. The number of carbonyl (C=O) groups excluding carboxylic acids is 1. The number of H-pyrrole nitrogens is 1. The van der Waals surface area contributed by atoms with E-state index in [0.717, 1.165) is 23.7 Å². The minimum absolute atomic E-state index is 0.0379. The van der Waals surface area contributed by atoms with Crippen molar-refractivity contribution in [3.63, 3.8) is 0 Å². The molecular formula is C18H23N3O3. The first-order valence-corrected chi connectivity index (χ1v) is 8.68. The van der Waals surface area contributed by atoms with E-state index < -0.39 is 0 Å².